The Morgan fingerprint density at radius 2 is 1.97 bits per heavy atom. The summed E-state index contributed by atoms with van der Waals surface area (Å²) in [6, 6.07) is 17.6. The average Bonchev–Trinajstić information content (AvgIpc) is 3.18. The van der Waals surface area contributed by atoms with Gasteiger partial charge in [-0.15, -0.1) is 0 Å². The minimum absolute atomic E-state index is 0.135. The first-order valence-electron chi connectivity index (χ1n) is 10.9. The Labute approximate surface area is 192 Å². The Hall–Kier alpha value is -3.49. The molecule has 2 heterocycles. The number of para-hydroxylation sites is 1. The molecule has 2 aromatic carbocycles. The van der Waals surface area contributed by atoms with Gasteiger partial charge < -0.3 is 9.64 Å². The highest BCUT2D eigenvalue weighted by atomic mass is 16.5. The lowest BCUT2D eigenvalue weighted by molar-refractivity contribution is -0.148. The van der Waals surface area contributed by atoms with Crippen molar-refractivity contribution in [3.8, 4) is 5.75 Å². The number of hydroxylamine groups is 1. The van der Waals surface area contributed by atoms with Gasteiger partial charge in [-0.05, 0) is 57.3 Å². The maximum Gasteiger partial charge on any atom is 0.281 e. The van der Waals surface area contributed by atoms with E-state index in [-0.39, 0.29) is 11.8 Å². The summed E-state index contributed by atoms with van der Waals surface area (Å²) in [6.07, 6.45) is -0.251. The first-order chi connectivity index (χ1) is 15.9. The molecule has 1 fully saturated rings. The smallest absolute Gasteiger partial charge is 0.281 e. The SMILES string of the molecule is Cc1cc(COc2ccc([C@H]3CCN([C@@H](C(=O)NO)N(C)C)C3=O)cc2)c2ccccc2n1. The molecule has 4 rings (SSSR count). The summed E-state index contributed by atoms with van der Waals surface area (Å²) in [4.78, 5) is 32.7. The van der Waals surface area contributed by atoms with Crippen molar-refractivity contribution in [1.29, 1.82) is 0 Å². The van der Waals surface area contributed by atoms with E-state index in [2.05, 4.69) is 4.98 Å². The van der Waals surface area contributed by atoms with Crippen LogP contribution >= 0.6 is 0 Å². The summed E-state index contributed by atoms with van der Waals surface area (Å²) in [5.41, 5.74) is 5.49. The van der Waals surface area contributed by atoms with Gasteiger partial charge in [0.15, 0.2) is 6.17 Å². The van der Waals surface area contributed by atoms with Crippen molar-refractivity contribution in [3.63, 3.8) is 0 Å². The maximum atomic E-state index is 13.0. The minimum atomic E-state index is -0.853. The van der Waals surface area contributed by atoms with Gasteiger partial charge in [-0.2, -0.15) is 0 Å². The van der Waals surface area contributed by atoms with Crippen LogP contribution in [0.25, 0.3) is 10.9 Å². The van der Waals surface area contributed by atoms with E-state index in [1.165, 1.54) is 4.90 Å². The Kier molecular flexibility index (Phi) is 6.57. The zero-order chi connectivity index (χ0) is 23.5. The van der Waals surface area contributed by atoms with E-state index in [0.717, 1.165) is 27.7 Å². The zero-order valence-electron chi connectivity index (χ0n) is 19.0. The first kappa shape index (κ1) is 22.7. The highest BCUT2D eigenvalue weighted by molar-refractivity contribution is 5.91. The number of rotatable bonds is 7. The lowest BCUT2D eigenvalue weighted by atomic mass is 9.98. The fraction of sp³-hybridized carbons (Fsp3) is 0.320. The summed E-state index contributed by atoms with van der Waals surface area (Å²) in [5, 5.41) is 10.1. The van der Waals surface area contributed by atoms with Gasteiger partial charge in [0.1, 0.15) is 12.4 Å². The Morgan fingerprint density at radius 3 is 2.67 bits per heavy atom. The predicted molar refractivity (Wildman–Crippen MR) is 124 cm³/mol. The molecular weight excluding hydrogens is 420 g/mol. The normalized spacial score (nSPS) is 16.9. The minimum Gasteiger partial charge on any atom is -0.489 e. The highest BCUT2D eigenvalue weighted by Gasteiger charge is 2.40. The molecule has 8 heteroatoms. The van der Waals surface area contributed by atoms with Crippen LogP contribution in [0.4, 0.5) is 0 Å². The first-order valence-corrected chi connectivity index (χ1v) is 10.9. The molecule has 2 atom stereocenters. The monoisotopic (exact) mass is 448 g/mol. The van der Waals surface area contributed by atoms with E-state index in [0.29, 0.717) is 25.3 Å². The predicted octanol–water partition coefficient (Wildman–Crippen LogP) is 2.83. The molecule has 2 amide bonds. The Balaban J connectivity index is 1.45. The number of likely N-dealkylation sites (N-methyl/N-ethyl adjacent to an activating group) is 1. The van der Waals surface area contributed by atoms with Crippen LogP contribution in [0.15, 0.2) is 54.6 Å². The molecule has 1 saturated heterocycles. The summed E-state index contributed by atoms with van der Waals surface area (Å²) in [7, 11) is 3.39. The fourth-order valence-electron chi connectivity index (χ4n) is 4.44. The van der Waals surface area contributed by atoms with Crippen LogP contribution in [0, 0.1) is 6.92 Å². The average molecular weight is 449 g/mol. The molecule has 0 radical (unpaired) electrons. The number of nitrogens with zero attached hydrogens (tertiary/aromatic N) is 3. The van der Waals surface area contributed by atoms with Crippen LogP contribution < -0.4 is 10.2 Å². The molecule has 3 aromatic rings. The van der Waals surface area contributed by atoms with Crippen molar-refractivity contribution in [2.75, 3.05) is 20.6 Å². The second-order valence-electron chi connectivity index (χ2n) is 8.48. The fourth-order valence-corrected chi connectivity index (χ4v) is 4.44. The summed E-state index contributed by atoms with van der Waals surface area (Å²) >= 11 is 0. The van der Waals surface area contributed by atoms with Gasteiger partial charge in [-0.25, -0.2) is 5.48 Å². The van der Waals surface area contributed by atoms with Crippen LogP contribution in [0.1, 0.15) is 29.2 Å². The van der Waals surface area contributed by atoms with E-state index in [1.54, 1.807) is 24.5 Å². The molecule has 0 saturated carbocycles. The molecule has 0 bridgehead atoms. The molecule has 1 aliphatic rings. The van der Waals surface area contributed by atoms with E-state index in [1.807, 2.05) is 61.5 Å². The van der Waals surface area contributed by atoms with Crippen molar-refractivity contribution in [2.45, 2.75) is 32.0 Å². The third kappa shape index (κ3) is 4.67. The summed E-state index contributed by atoms with van der Waals surface area (Å²) in [5.74, 6) is -0.383. The quantitative estimate of drug-likeness (QED) is 0.426. The van der Waals surface area contributed by atoms with E-state index < -0.39 is 12.1 Å². The van der Waals surface area contributed by atoms with Gasteiger partial charge >= 0.3 is 0 Å². The number of aryl methyl sites for hydroxylation is 1. The number of carbonyl (C=O) groups excluding carboxylic acids is 2. The topological polar surface area (TPSA) is 95.0 Å². The van der Waals surface area contributed by atoms with E-state index >= 15 is 0 Å². The number of ether oxygens (including phenoxy) is 1. The van der Waals surface area contributed by atoms with E-state index in [9.17, 15) is 9.59 Å². The van der Waals surface area contributed by atoms with Crippen molar-refractivity contribution >= 4 is 22.7 Å². The standard InChI is InChI=1S/C25H28N4O4/c1-16-14-18(20-6-4-5-7-22(20)26-16)15-33-19-10-8-17(9-11-19)21-12-13-29(25(21)31)24(28(2)3)23(30)27-32/h4-11,14,21,24,32H,12-13,15H2,1-3H3,(H,27,30)/t21-,24+/m1/s1. The highest BCUT2D eigenvalue weighted by Crippen LogP contribution is 2.31. The molecule has 2 N–H and O–H groups in total. The second kappa shape index (κ2) is 9.56. The molecule has 172 valence electrons. The molecule has 0 aliphatic carbocycles. The number of nitrogens with one attached hydrogen (secondary N) is 1. The van der Waals surface area contributed by atoms with Crippen LogP contribution in [0.2, 0.25) is 0 Å². The van der Waals surface area contributed by atoms with Gasteiger partial charge in [0, 0.05) is 23.2 Å². The zero-order valence-corrected chi connectivity index (χ0v) is 19.0. The van der Waals surface area contributed by atoms with E-state index in [4.69, 9.17) is 9.94 Å². The largest absolute Gasteiger partial charge is 0.489 e. The van der Waals surface area contributed by atoms with Gasteiger partial charge in [0.2, 0.25) is 5.91 Å². The Bertz CT molecular complexity index is 1160. The number of likely N-dealkylation sites (tertiary alicyclic amines) is 1. The lowest BCUT2D eigenvalue weighted by Gasteiger charge is -2.31. The molecule has 33 heavy (non-hydrogen) atoms. The van der Waals surface area contributed by atoms with Crippen molar-refractivity contribution in [2.24, 2.45) is 0 Å². The van der Waals surface area contributed by atoms with Crippen LogP contribution in [0.3, 0.4) is 0 Å². The second-order valence-corrected chi connectivity index (χ2v) is 8.48. The van der Waals surface area contributed by atoms with Gasteiger partial charge in [-0.3, -0.25) is 24.7 Å². The third-order valence-electron chi connectivity index (χ3n) is 5.98. The molecule has 8 nitrogen and oxygen atoms in total. The van der Waals surface area contributed by atoms with Gasteiger partial charge in [0.05, 0.1) is 11.4 Å². The number of hydrogen-bond acceptors (Lipinski definition) is 6. The maximum absolute atomic E-state index is 13.0. The van der Waals surface area contributed by atoms with Crippen LogP contribution in [-0.4, -0.2) is 58.6 Å². The number of benzene rings is 2. The number of pyridine rings is 1. The van der Waals surface area contributed by atoms with Crippen molar-refractivity contribution < 1.29 is 19.5 Å². The molecule has 1 aliphatic heterocycles. The third-order valence-corrected chi connectivity index (χ3v) is 5.98. The summed E-state index contributed by atoms with van der Waals surface area (Å²) < 4.78 is 6.03. The number of fused-ring (bicyclic) bond motifs is 1. The lowest BCUT2D eigenvalue weighted by Crippen LogP contribution is -2.54. The van der Waals surface area contributed by atoms with Crippen LogP contribution in [-0.2, 0) is 16.2 Å². The van der Waals surface area contributed by atoms with Crippen molar-refractivity contribution in [3.05, 3.63) is 71.4 Å². The number of carbonyl (C=O) groups is 2. The molecule has 1 aromatic heterocycles. The van der Waals surface area contributed by atoms with Crippen LogP contribution in [0.5, 0.6) is 5.75 Å². The number of aromatic nitrogens is 1. The number of hydrogen-bond donors (Lipinski definition) is 2. The summed E-state index contributed by atoms with van der Waals surface area (Å²) in [6.45, 7) is 2.82. The van der Waals surface area contributed by atoms with Gasteiger partial charge in [0.25, 0.3) is 5.91 Å². The Morgan fingerprint density at radius 1 is 1.24 bits per heavy atom. The molecular formula is C25H28N4O4. The van der Waals surface area contributed by atoms with Gasteiger partial charge in [-0.1, -0.05) is 30.3 Å². The number of amides is 2. The molecule has 0 unspecified atom stereocenters. The molecule has 0 spiro atoms. The van der Waals surface area contributed by atoms with Crippen molar-refractivity contribution in [1.82, 2.24) is 20.3 Å².